The van der Waals surface area contributed by atoms with E-state index in [4.69, 9.17) is 32.7 Å². The number of hydrogen-bond acceptors (Lipinski definition) is 3. The average molecular weight is 439 g/mol. The Bertz CT molecular complexity index is 261. The standard InChI is InChI=1S/C12H28ClN2.C4H10O.C3H5ClO.ClH/c1-5-14(6-2)10-12-15(7-3,8-4)11-9-13;1-3-5-4-2;4-1-3-2-5-3;/h5-12H2,1-4H3;3-4H2,1-2H3;3H,1-2H2;1H/q+1;;;. The first kappa shape index (κ1) is 31.4. The van der Waals surface area contributed by atoms with Gasteiger partial charge in [-0.1, -0.05) is 13.8 Å². The fourth-order valence-electron chi connectivity index (χ4n) is 2.40. The van der Waals surface area contributed by atoms with E-state index >= 15 is 0 Å². The second-order valence-corrected chi connectivity index (χ2v) is 6.71. The highest BCUT2D eigenvalue weighted by molar-refractivity contribution is 6.18. The van der Waals surface area contributed by atoms with Crippen molar-refractivity contribution in [2.45, 2.75) is 47.6 Å². The summed E-state index contributed by atoms with van der Waals surface area (Å²) in [5, 5.41) is 0. The van der Waals surface area contributed by atoms with E-state index in [9.17, 15) is 0 Å². The number of quaternary nitrogens is 1. The summed E-state index contributed by atoms with van der Waals surface area (Å²) in [4.78, 5) is 2.49. The molecule has 26 heavy (non-hydrogen) atoms. The van der Waals surface area contributed by atoms with E-state index in [0.717, 1.165) is 45.3 Å². The van der Waals surface area contributed by atoms with Gasteiger partial charge < -0.3 is 14.0 Å². The van der Waals surface area contributed by atoms with Crippen molar-refractivity contribution in [2.75, 3.05) is 77.4 Å². The van der Waals surface area contributed by atoms with Gasteiger partial charge in [-0.2, -0.15) is 0 Å². The Morgan fingerprint density at radius 3 is 1.65 bits per heavy atom. The van der Waals surface area contributed by atoms with Crippen molar-refractivity contribution in [1.29, 1.82) is 0 Å². The van der Waals surface area contributed by atoms with Crippen LogP contribution in [0, 0.1) is 0 Å². The van der Waals surface area contributed by atoms with Gasteiger partial charge in [-0.15, -0.1) is 35.6 Å². The number of ether oxygens (including phenoxy) is 2. The Labute approximate surface area is 179 Å². The lowest BCUT2D eigenvalue weighted by atomic mass is 10.3. The summed E-state index contributed by atoms with van der Waals surface area (Å²) in [5.74, 6) is 1.44. The van der Waals surface area contributed by atoms with Gasteiger partial charge in [0.15, 0.2) is 0 Å². The van der Waals surface area contributed by atoms with Crippen molar-refractivity contribution in [2.24, 2.45) is 0 Å². The zero-order valence-electron chi connectivity index (χ0n) is 17.9. The number of nitrogens with zero attached hydrogens (tertiary/aromatic N) is 2. The molecule has 0 radical (unpaired) electrons. The van der Waals surface area contributed by atoms with E-state index in [1.165, 1.54) is 30.7 Å². The minimum absolute atomic E-state index is 0. The molecular weight excluding hydrogens is 395 g/mol. The highest BCUT2D eigenvalue weighted by Crippen LogP contribution is 2.09. The van der Waals surface area contributed by atoms with E-state index in [1.807, 2.05) is 13.8 Å². The molecule has 0 aromatic rings. The van der Waals surface area contributed by atoms with Crippen LogP contribution >= 0.6 is 35.6 Å². The maximum absolute atomic E-state index is 5.90. The number of halogens is 3. The highest BCUT2D eigenvalue weighted by Gasteiger charge is 2.22. The summed E-state index contributed by atoms with van der Waals surface area (Å²) >= 11 is 11.2. The number of alkyl halides is 2. The third kappa shape index (κ3) is 18.1. The molecule has 0 aliphatic carbocycles. The van der Waals surface area contributed by atoms with Crippen molar-refractivity contribution < 1.29 is 14.0 Å². The first-order chi connectivity index (χ1) is 12.0. The van der Waals surface area contributed by atoms with Gasteiger partial charge in [-0.25, -0.2) is 0 Å². The van der Waals surface area contributed by atoms with Gasteiger partial charge >= 0.3 is 0 Å². The van der Waals surface area contributed by atoms with Gasteiger partial charge in [0.05, 0.1) is 50.6 Å². The molecule has 1 saturated heterocycles. The van der Waals surface area contributed by atoms with Crippen LogP contribution in [0.15, 0.2) is 0 Å². The fourth-order valence-corrected chi connectivity index (χ4v) is 2.94. The molecule has 4 nitrogen and oxygen atoms in total. The molecule has 0 bridgehead atoms. The molecule has 0 amide bonds. The van der Waals surface area contributed by atoms with Gasteiger partial charge in [-0.05, 0) is 40.8 Å². The summed E-state index contributed by atoms with van der Waals surface area (Å²) in [6.45, 7) is 23.8. The largest absolute Gasteiger partial charge is 0.382 e. The Kier molecular flexibility index (Phi) is 26.6. The van der Waals surface area contributed by atoms with E-state index < -0.39 is 0 Å². The van der Waals surface area contributed by atoms with Crippen molar-refractivity contribution in [3.63, 3.8) is 0 Å². The lowest BCUT2D eigenvalue weighted by Crippen LogP contribution is -2.52. The molecule has 7 heteroatoms. The first-order valence-electron chi connectivity index (χ1n) is 9.91. The molecular formula is C19H44Cl3N2O2+. The summed E-state index contributed by atoms with van der Waals surface area (Å²) in [6, 6.07) is 0. The Balaban J connectivity index is -0.000000391. The van der Waals surface area contributed by atoms with Crippen molar-refractivity contribution in [3.8, 4) is 0 Å². The molecule has 1 rings (SSSR count). The van der Waals surface area contributed by atoms with Gasteiger partial charge in [0.1, 0.15) is 0 Å². The average Bonchev–Trinajstić information content (AvgIpc) is 3.48. The van der Waals surface area contributed by atoms with Crippen molar-refractivity contribution in [1.82, 2.24) is 4.90 Å². The predicted molar refractivity (Wildman–Crippen MR) is 119 cm³/mol. The molecule has 162 valence electrons. The molecule has 1 unspecified atom stereocenters. The molecule has 1 fully saturated rings. The van der Waals surface area contributed by atoms with Gasteiger partial charge in [-0.3, -0.25) is 4.90 Å². The highest BCUT2D eigenvalue weighted by atomic mass is 35.5. The van der Waals surface area contributed by atoms with Gasteiger partial charge in [0.2, 0.25) is 0 Å². The second kappa shape index (κ2) is 22.0. The maximum atomic E-state index is 5.90. The summed E-state index contributed by atoms with van der Waals surface area (Å²) in [5.41, 5.74) is 0. The molecule has 1 atom stereocenters. The van der Waals surface area contributed by atoms with Crippen LogP contribution in [-0.4, -0.2) is 92.9 Å². The molecule has 0 aromatic carbocycles. The van der Waals surface area contributed by atoms with E-state index in [2.05, 4.69) is 32.6 Å². The van der Waals surface area contributed by atoms with E-state index in [-0.39, 0.29) is 12.4 Å². The van der Waals surface area contributed by atoms with E-state index in [0.29, 0.717) is 12.0 Å². The molecule has 0 saturated carbocycles. The lowest BCUT2D eigenvalue weighted by Gasteiger charge is -2.37. The normalized spacial score (nSPS) is 15.3. The quantitative estimate of drug-likeness (QED) is 0.254. The second-order valence-electron chi connectivity index (χ2n) is 6.03. The molecule has 1 aliphatic rings. The number of hydrogen-bond donors (Lipinski definition) is 0. The number of likely N-dealkylation sites (N-methyl/N-ethyl adjacent to an activating group) is 2. The SMILES string of the molecule is CCN(CC)CC[N+](CC)(CC)CCCl.CCOCC.Cl.ClCC1CO1. The van der Waals surface area contributed by atoms with E-state index in [1.54, 1.807) is 0 Å². The third-order valence-electron chi connectivity index (χ3n) is 4.67. The maximum Gasteiger partial charge on any atom is 0.0944 e. The predicted octanol–water partition coefficient (Wildman–Crippen LogP) is 4.51. The molecule has 0 aromatic heterocycles. The fraction of sp³-hybridized carbons (Fsp3) is 1.00. The van der Waals surface area contributed by atoms with Crippen LogP contribution in [0.1, 0.15) is 41.5 Å². The van der Waals surface area contributed by atoms with Crippen molar-refractivity contribution >= 4 is 35.6 Å². The Morgan fingerprint density at radius 2 is 1.46 bits per heavy atom. The Hall–Kier alpha value is 0.710. The first-order valence-corrected chi connectivity index (χ1v) is 11.0. The third-order valence-corrected chi connectivity index (χ3v) is 5.18. The minimum Gasteiger partial charge on any atom is -0.382 e. The van der Waals surface area contributed by atoms with Gasteiger partial charge in [0, 0.05) is 19.8 Å². The van der Waals surface area contributed by atoms with Crippen LogP contribution in [0.2, 0.25) is 0 Å². The number of epoxide rings is 1. The topological polar surface area (TPSA) is 25.0 Å². The van der Waals surface area contributed by atoms with Gasteiger partial charge in [0.25, 0.3) is 0 Å². The van der Waals surface area contributed by atoms with Crippen LogP contribution in [0.5, 0.6) is 0 Å². The molecule has 0 spiro atoms. The lowest BCUT2D eigenvalue weighted by molar-refractivity contribution is -0.922. The van der Waals surface area contributed by atoms with Crippen LogP contribution in [-0.2, 0) is 9.47 Å². The van der Waals surface area contributed by atoms with Crippen LogP contribution < -0.4 is 0 Å². The van der Waals surface area contributed by atoms with Crippen LogP contribution in [0.25, 0.3) is 0 Å². The summed E-state index contributed by atoms with van der Waals surface area (Å²) < 4.78 is 10.7. The number of rotatable bonds is 12. The molecule has 1 heterocycles. The monoisotopic (exact) mass is 437 g/mol. The zero-order chi connectivity index (χ0) is 19.6. The molecule has 0 N–H and O–H groups in total. The molecule has 1 aliphatic heterocycles. The summed E-state index contributed by atoms with van der Waals surface area (Å²) in [6.07, 6.45) is 0.400. The Morgan fingerprint density at radius 1 is 0.962 bits per heavy atom. The minimum atomic E-state index is 0. The summed E-state index contributed by atoms with van der Waals surface area (Å²) in [7, 11) is 0. The smallest absolute Gasteiger partial charge is 0.0944 e. The van der Waals surface area contributed by atoms with Crippen molar-refractivity contribution in [3.05, 3.63) is 0 Å². The van der Waals surface area contributed by atoms with Crippen LogP contribution in [0.3, 0.4) is 0 Å². The van der Waals surface area contributed by atoms with Crippen LogP contribution in [0.4, 0.5) is 0 Å². The zero-order valence-corrected chi connectivity index (χ0v) is 20.3.